The third kappa shape index (κ3) is 2.86. The van der Waals surface area contributed by atoms with E-state index in [9.17, 15) is 0 Å². The Morgan fingerprint density at radius 1 is 1.15 bits per heavy atom. The molecule has 1 N–H and O–H groups in total. The van der Waals surface area contributed by atoms with Crippen LogP contribution < -0.4 is 5.32 Å². The second-order valence-electron chi connectivity index (χ2n) is 4.56. The second-order valence-corrected chi connectivity index (χ2v) is 5.44. The molecule has 0 saturated carbocycles. The summed E-state index contributed by atoms with van der Waals surface area (Å²) < 4.78 is 1.78. The molecule has 0 bridgehead atoms. The van der Waals surface area contributed by atoms with Crippen LogP contribution in [0, 0.1) is 6.92 Å². The molecule has 4 nitrogen and oxygen atoms in total. The van der Waals surface area contributed by atoms with E-state index < -0.39 is 0 Å². The van der Waals surface area contributed by atoms with Gasteiger partial charge in [0.25, 0.3) is 0 Å². The molecular formula is C14H12Cl2N4. The molecule has 3 aromatic rings. The van der Waals surface area contributed by atoms with Crippen molar-refractivity contribution in [3.8, 4) is 0 Å². The summed E-state index contributed by atoms with van der Waals surface area (Å²) in [5, 5.41) is 8.82. The summed E-state index contributed by atoms with van der Waals surface area (Å²) in [6.07, 6.45) is 3.78. The summed E-state index contributed by atoms with van der Waals surface area (Å²) in [4.78, 5) is 4.36. The van der Waals surface area contributed by atoms with E-state index in [2.05, 4.69) is 15.4 Å². The number of hydrogen-bond acceptors (Lipinski definition) is 3. The van der Waals surface area contributed by atoms with Gasteiger partial charge < -0.3 is 5.32 Å². The lowest BCUT2D eigenvalue weighted by atomic mass is 10.3. The van der Waals surface area contributed by atoms with E-state index in [0.29, 0.717) is 16.6 Å². The standard InChI is InChI=1S/C14H12Cl2N4/c1-9-2-14-18-7-10(8-20(14)19-9)6-17-13-4-11(15)3-12(16)5-13/h2-5,7-8,17H,6H2,1H3. The fourth-order valence-electron chi connectivity index (χ4n) is 1.99. The number of fused-ring (bicyclic) bond motifs is 1. The highest BCUT2D eigenvalue weighted by Crippen LogP contribution is 2.22. The van der Waals surface area contributed by atoms with Gasteiger partial charge in [0.2, 0.25) is 0 Å². The van der Waals surface area contributed by atoms with Crippen molar-refractivity contribution in [1.29, 1.82) is 0 Å². The lowest BCUT2D eigenvalue weighted by molar-refractivity contribution is 0.895. The Kier molecular flexibility index (Phi) is 3.51. The maximum absolute atomic E-state index is 5.96. The van der Waals surface area contributed by atoms with Gasteiger partial charge in [-0.05, 0) is 25.1 Å². The van der Waals surface area contributed by atoms with Crippen LogP contribution in [-0.4, -0.2) is 14.6 Å². The zero-order valence-electron chi connectivity index (χ0n) is 10.8. The summed E-state index contributed by atoms with van der Waals surface area (Å²) in [6, 6.07) is 7.30. The monoisotopic (exact) mass is 306 g/mol. The lowest BCUT2D eigenvalue weighted by Gasteiger charge is -2.07. The minimum absolute atomic E-state index is 0.608. The number of benzene rings is 1. The van der Waals surface area contributed by atoms with E-state index in [4.69, 9.17) is 23.2 Å². The van der Waals surface area contributed by atoms with Crippen LogP contribution in [0.15, 0.2) is 36.7 Å². The molecular weight excluding hydrogens is 295 g/mol. The van der Waals surface area contributed by atoms with Gasteiger partial charge in [0.05, 0.1) is 5.69 Å². The Morgan fingerprint density at radius 3 is 2.65 bits per heavy atom. The van der Waals surface area contributed by atoms with Gasteiger partial charge >= 0.3 is 0 Å². The van der Waals surface area contributed by atoms with Gasteiger partial charge in [-0.25, -0.2) is 9.50 Å². The largest absolute Gasteiger partial charge is 0.381 e. The van der Waals surface area contributed by atoms with Crippen LogP contribution in [0.3, 0.4) is 0 Å². The van der Waals surface area contributed by atoms with Gasteiger partial charge in [0.15, 0.2) is 5.65 Å². The van der Waals surface area contributed by atoms with Gasteiger partial charge in [-0.2, -0.15) is 5.10 Å². The maximum Gasteiger partial charge on any atom is 0.155 e. The highest BCUT2D eigenvalue weighted by atomic mass is 35.5. The number of nitrogens with one attached hydrogen (secondary N) is 1. The van der Waals surface area contributed by atoms with Crippen LogP contribution in [0.4, 0.5) is 5.69 Å². The van der Waals surface area contributed by atoms with Crippen molar-refractivity contribution in [3.05, 3.63) is 58.0 Å². The first-order chi connectivity index (χ1) is 9.60. The van der Waals surface area contributed by atoms with Crippen molar-refractivity contribution < 1.29 is 0 Å². The first kappa shape index (κ1) is 13.2. The van der Waals surface area contributed by atoms with Gasteiger partial charge in [-0.3, -0.25) is 0 Å². The number of hydrogen-bond donors (Lipinski definition) is 1. The summed E-state index contributed by atoms with van der Waals surface area (Å²) >= 11 is 11.9. The summed E-state index contributed by atoms with van der Waals surface area (Å²) in [7, 11) is 0. The molecule has 0 radical (unpaired) electrons. The van der Waals surface area contributed by atoms with Crippen molar-refractivity contribution in [3.63, 3.8) is 0 Å². The Bertz CT molecular complexity index is 747. The van der Waals surface area contributed by atoms with Crippen molar-refractivity contribution in [1.82, 2.24) is 14.6 Å². The normalized spacial score (nSPS) is 10.9. The Hall–Kier alpha value is -1.78. The Labute approximate surface area is 126 Å². The van der Waals surface area contributed by atoms with Crippen molar-refractivity contribution in [2.24, 2.45) is 0 Å². The Balaban J connectivity index is 1.79. The van der Waals surface area contributed by atoms with Crippen LogP contribution in [0.5, 0.6) is 0 Å². The van der Waals surface area contributed by atoms with Crippen LogP contribution in [0.2, 0.25) is 10.0 Å². The van der Waals surface area contributed by atoms with Crippen LogP contribution in [0.1, 0.15) is 11.3 Å². The minimum Gasteiger partial charge on any atom is -0.381 e. The average molecular weight is 307 g/mol. The zero-order valence-corrected chi connectivity index (χ0v) is 12.3. The molecule has 0 atom stereocenters. The lowest BCUT2D eigenvalue weighted by Crippen LogP contribution is -2.02. The van der Waals surface area contributed by atoms with Crippen molar-refractivity contribution in [2.75, 3.05) is 5.32 Å². The molecule has 0 aliphatic heterocycles. The SMILES string of the molecule is Cc1cc2ncc(CNc3cc(Cl)cc(Cl)c3)cn2n1. The van der Waals surface area contributed by atoms with Crippen LogP contribution in [-0.2, 0) is 6.54 Å². The average Bonchev–Trinajstić information content (AvgIpc) is 2.74. The number of rotatable bonds is 3. The topological polar surface area (TPSA) is 42.2 Å². The van der Waals surface area contributed by atoms with Gasteiger partial charge in [0.1, 0.15) is 0 Å². The molecule has 0 unspecified atom stereocenters. The fourth-order valence-corrected chi connectivity index (χ4v) is 2.51. The van der Waals surface area contributed by atoms with E-state index in [1.807, 2.05) is 37.5 Å². The maximum atomic E-state index is 5.96. The van der Waals surface area contributed by atoms with Crippen molar-refractivity contribution >= 4 is 34.5 Å². The predicted octanol–water partition coefficient (Wildman–Crippen LogP) is 3.96. The first-order valence-corrected chi connectivity index (χ1v) is 6.86. The highest BCUT2D eigenvalue weighted by Gasteiger charge is 2.02. The number of aromatic nitrogens is 3. The van der Waals surface area contributed by atoms with Gasteiger partial charge in [-0.15, -0.1) is 0 Å². The molecule has 0 aliphatic rings. The number of halogens is 2. The molecule has 0 spiro atoms. The molecule has 0 amide bonds. The molecule has 0 aliphatic carbocycles. The zero-order chi connectivity index (χ0) is 14.1. The van der Waals surface area contributed by atoms with E-state index >= 15 is 0 Å². The van der Waals surface area contributed by atoms with Gasteiger partial charge in [-0.1, -0.05) is 23.2 Å². The first-order valence-electron chi connectivity index (χ1n) is 6.11. The van der Waals surface area contributed by atoms with Crippen LogP contribution >= 0.6 is 23.2 Å². The third-order valence-electron chi connectivity index (χ3n) is 2.85. The third-order valence-corrected chi connectivity index (χ3v) is 3.28. The molecule has 3 rings (SSSR count). The van der Waals surface area contributed by atoms with Crippen molar-refractivity contribution in [2.45, 2.75) is 13.5 Å². The summed E-state index contributed by atoms with van der Waals surface area (Å²) in [5.41, 5.74) is 3.69. The van der Waals surface area contributed by atoms with E-state index in [0.717, 1.165) is 22.6 Å². The second kappa shape index (κ2) is 5.31. The number of nitrogens with zero attached hydrogens (tertiary/aromatic N) is 3. The minimum atomic E-state index is 0.608. The number of aryl methyl sites for hydroxylation is 1. The highest BCUT2D eigenvalue weighted by molar-refractivity contribution is 6.35. The molecule has 6 heteroatoms. The predicted molar refractivity (Wildman–Crippen MR) is 81.5 cm³/mol. The Morgan fingerprint density at radius 2 is 1.90 bits per heavy atom. The van der Waals surface area contributed by atoms with Gasteiger partial charge in [0, 0.05) is 46.3 Å². The summed E-state index contributed by atoms with van der Waals surface area (Å²) in [6.45, 7) is 2.57. The smallest absolute Gasteiger partial charge is 0.155 e. The number of anilines is 1. The quantitative estimate of drug-likeness (QED) is 0.796. The molecule has 20 heavy (non-hydrogen) atoms. The fraction of sp³-hybridized carbons (Fsp3) is 0.143. The van der Waals surface area contributed by atoms with E-state index in [-0.39, 0.29) is 0 Å². The molecule has 102 valence electrons. The van der Waals surface area contributed by atoms with E-state index in [1.165, 1.54) is 0 Å². The molecule has 0 saturated heterocycles. The molecule has 2 aromatic heterocycles. The molecule has 0 fully saturated rings. The molecule has 1 aromatic carbocycles. The van der Waals surface area contributed by atoms with E-state index in [1.54, 1.807) is 10.6 Å². The van der Waals surface area contributed by atoms with Crippen LogP contribution in [0.25, 0.3) is 5.65 Å². The summed E-state index contributed by atoms with van der Waals surface area (Å²) in [5.74, 6) is 0. The molecule has 2 heterocycles.